The van der Waals surface area contributed by atoms with Gasteiger partial charge >= 0.3 is 11.7 Å². The van der Waals surface area contributed by atoms with Crippen LogP contribution in [0.5, 0.6) is 0 Å². The van der Waals surface area contributed by atoms with Crippen LogP contribution < -0.4 is 11.2 Å². The molecule has 2 saturated heterocycles. The molecule has 1 N–H and O–H groups in total. The molecule has 9 nitrogen and oxygen atoms in total. The Morgan fingerprint density at radius 1 is 1.29 bits per heavy atom. The highest BCUT2D eigenvalue weighted by Gasteiger charge is 2.57. The molecule has 3 heterocycles. The number of ether oxygens (including phenoxy) is 4. The van der Waals surface area contributed by atoms with Gasteiger partial charge in [0.2, 0.25) is 6.29 Å². The van der Waals surface area contributed by atoms with Gasteiger partial charge in [0.15, 0.2) is 18.1 Å². The van der Waals surface area contributed by atoms with Gasteiger partial charge < -0.3 is 18.9 Å². The van der Waals surface area contributed by atoms with Crippen LogP contribution in [-0.4, -0.2) is 39.8 Å². The number of carbonyl (C=O) groups excluding carboxylic acids is 1. The average molecular weight is 340 g/mol. The fourth-order valence-corrected chi connectivity index (χ4v) is 2.74. The van der Waals surface area contributed by atoms with Crippen molar-refractivity contribution >= 4 is 5.97 Å². The molecule has 132 valence electrons. The van der Waals surface area contributed by atoms with Crippen LogP contribution in [-0.2, 0) is 23.7 Å². The van der Waals surface area contributed by atoms with Crippen molar-refractivity contribution in [1.29, 1.82) is 0 Å². The monoisotopic (exact) mass is 340 g/mol. The van der Waals surface area contributed by atoms with E-state index in [1.807, 2.05) is 0 Å². The SMILES string of the molecule is CC(C)C(=O)O[C@H]1O[C@@H](n2ccc(=O)[nH]c2=O)[C@@H]2OC(C)(C)O[C@H]12. The first-order valence-electron chi connectivity index (χ1n) is 7.71. The molecule has 2 aliphatic heterocycles. The van der Waals surface area contributed by atoms with Crippen LogP contribution in [0.25, 0.3) is 0 Å². The van der Waals surface area contributed by atoms with Crippen LogP contribution in [0.2, 0.25) is 0 Å². The highest BCUT2D eigenvalue weighted by Crippen LogP contribution is 2.42. The first-order chi connectivity index (χ1) is 11.2. The molecule has 0 bridgehead atoms. The predicted molar refractivity (Wildman–Crippen MR) is 80.0 cm³/mol. The molecule has 0 amide bonds. The molecule has 0 aliphatic carbocycles. The van der Waals surface area contributed by atoms with Gasteiger partial charge in [0.1, 0.15) is 6.10 Å². The van der Waals surface area contributed by atoms with Gasteiger partial charge in [0.25, 0.3) is 5.56 Å². The van der Waals surface area contributed by atoms with Crippen LogP contribution in [0, 0.1) is 5.92 Å². The molecule has 0 unspecified atom stereocenters. The lowest BCUT2D eigenvalue weighted by atomic mass is 10.2. The minimum absolute atomic E-state index is 0.336. The third-order valence-corrected chi connectivity index (χ3v) is 3.82. The van der Waals surface area contributed by atoms with Gasteiger partial charge in [-0.3, -0.25) is 19.1 Å². The lowest BCUT2D eigenvalue weighted by Gasteiger charge is -2.24. The fourth-order valence-electron chi connectivity index (χ4n) is 2.74. The number of hydrogen-bond acceptors (Lipinski definition) is 7. The van der Waals surface area contributed by atoms with Crippen LogP contribution in [0.15, 0.2) is 21.9 Å². The Morgan fingerprint density at radius 3 is 2.58 bits per heavy atom. The summed E-state index contributed by atoms with van der Waals surface area (Å²) >= 11 is 0. The lowest BCUT2D eigenvalue weighted by Crippen LogP contribution is -2.37. The molecule has 0 aromatic carbocycles. The van der Waals surface area contributed by atoms with E-state index in [2.05, 4.69) is 4.98 Å². The Bertz CT molecular complexity index is 751. The molecule has 24 heavy (non-hydrogen) atoms. The number of fused-ring (bicyclic) bond motifs is 1. The molecule has 9 heteroatoms. The molecule has 2 fully saturated rings. The molecule has 0 spiro atoms. The summed E-state index contributed by atoms with van der Waals surface area (Å²) in [5.41, 5.74) is -1.16. The van der Waals surface area contributed by atoms with Crippen molar-refractivity contribution in [2.24, 2.45) is 5.92 Å². The van der Waals surface area contributed by atoms with E-state index in [-0.39, 0.29) is 5.92 Å². The summed E-state index contributed by atoms with van der Waals surface area (Å²) in [5, 5.41) is 0. The molecule has 0 radical (unpaired) electrons. The van der Waals surface area contributed by atoms with Gasteiger partial charge in [-0.05, 0) is 13.8 Å². The van der Waals surface area contributed by atoms with Crippen molar-refractivity contribution in [1.82, 2.24) is 9.55 Å². The van der Waals surface area contributed by atoms with E-state index in [9.17, 15) is 14.4 Å². The summed E-state index contributed by atoms with van der Waals surface area (Å²) in [6.45, 7) is 6.85. The molecule has 0 saturated carbocycles. The highest BCUT2D eigenvalue weighted by molar-refractivity contribution is 5.71. The normalized spacial score (nSPS) is 31.2. The number of nitrogens with zero attached hydrogens (tertiary/aromatic N) is 1. The smallest absolute Gasteiger partial charge is 0.330 e. The molecule has 3 rings (SSSR count). The predicted octanol–water partition coefficient (Wildman–Crippen LogP) is 0.111. The van der Waals surface area contributed by atoms with Crippen LogP contribution in [0.3, 0.4) is 0 Å². The van der Waals surface area contributed by atoms with Crippen molar-refractivity contribution in [3.8, 4) is 0 Å². The Kier molecular flexibility index (Phi) is 4.10. The van der Waals surface area contributed by atoms with E-state index >= 15 is 0 Å². The van der Waals surface area contributed by atoms with Crippen LogP contribution in [0.4, 0.5) is 0 Å². The largest absolute Gasteiger partial charge is 0.432 e. The van der Waals surface area contributed by atoms with Gasteiger partial charge in [-0.15, -0.1) is 0 Å². The molecular weight excluding hydrogens is 320 g/mol. The number of nitrogens with one attached hydrogen (secondary N) is 1. The van der Waals surface area contributed by atoms with Crippen molar-refractivity contribution in [3.63, 3.8) is 0 Å². The summed E-state index contributed by atoms with van der Waals surface area (Å²) in [5.74, 6) is -1.69. The van der Waals surface area contributed by atoms with Gasteiger partial charge in [-0.1, -0.05) is 13.8 Å². The lowest BCUT2D eigenvalue weighted by molar-refractivity contribution is -0.242. The highest BCUT2D eigenvalue weighted by atomic mass is 16.8. The maximum Gasteiger partial charge on any atom is 0.330 e. The Hall–Kier alpha value is -1.97. The number of carbonyl (C=O) groups is 1. The number of H-pyrrole nitrogens is 1. The zero-order chi connectivity index (χ0) is 17.6. The topological polar surface area (TPSA) is 109 Å². The Labute approximate surface area is 137 Å². The first-order valence-corrected chi connectivity index (χ1v) is 7.71. The van der Waals surface area contributed by atoms with Crippen molar-refractivity contribution in [2.45, 2.75) is 58.2 Å². The molecule has 1 aromatic rings. The van der Waals surface area contributed by atoms with E-state index in [0.29, 0.717) is 0 Å². The molecule has 4 atom stereocenters. The summed E-state index contributed by atoms with van der Waals surface area (Å²) < 4.78 is 23.8. The van der Waals surface area contributed by atoms with E-state index in [1.165, 1.54) is 16.8 Å². The standard InChI is InChI=1S/C15H20N2O7/c1-7(2)12(19)22-13-10-9(23-15(3,4)24-10)11(21-13)17-6-5-8(18)16-14(17)20/h5-7,9-11,13H,1-4H3,(H,16,18,20)/t9-,10+,11-,13-/m1/s1. The summed E-state index contributed by atoms with van der Waals surface area (Å²) in [4.78, 5) is 37.3. The molecule has 1 aromatic heterocycles. The maximum atomic E-state index is 12.0. The second kappa shape index (κ2) is 5.83. The van der Waals surface area contributed by atoms with Crippen molar-refractivity contribution in [2.75, 3.05) is 0 Å². The zero-order valence-electron chi connectivity index (χ0n) is 13.8. The van der Waals surface area contributed by atoms with E-state index in [1.54, 1.807) is 27.7 Å². The number of rotatable bonds is 3. The van der Waals surface area contributed by atoms with E-state index in [0.717, 1.165) is 0 Å². The van der Waals surface area contributed by atoms with Crippen LogP contribution in [0.1, 0.15) is 33.9 Å². The first kappa shape index (κ1) is 16.9. The average Bonchev–Trinajstić information content (AvgIpc) is 2.93. The number of aromatic amines is 1. The number of hydrogen-bond donors (Lipinski definition) is 1. The fraction of sp³-hybridized carbons (Fsp3) is 0.667. The Balaban J connectivity index is 1.92. The van der Waals surface area contributed by atoms with Crippen molar-refractivity contribution < 1.29 is 23.7 Å². The van der Waals surface area contributed by atoms with E-state index in [4.69, 9.17) is 18.9 Å². The second-order valence-electron chi connectivity index (χ2n) is 6.57. The minimum atomic E-state index is -1.00. The van der Waals surface area contributed by atoms with Gasteiger partial charge in [-0.2, -0.15) is 0 Å². The second-order valence-corrected chi connectivity index (χ2v) is 6.57. The maximum absolute atomic E-state index is 12.0. The van der Waals surface area contributed by atoms with Gasteiger partial charge in [-0.25, -0.2) is 4.79 Å². The quantitative estimate of drug-likeness (QED) is 0.778. The summed E-state index contributed by atoms with van der Waals surface area (Å²) in [6, 6.07) is 1.20. The third-order valence-electron chi connectivity index (χ3n) is 3.82. The number of esters is 1. The zero-order valence-corrected chi connectivity index (χ0v) is 13.8. The third kappa shape index (κ3) is 3.02. The van der Waals surface area contributed by atoms with Crippen LogP contribution >= 0.6 is 0 Å². The summed E-state index contributed by atoms with van der Waals surface area (Å²) in [6.07, 6.45) is -1.91. The summed E-state index contributed by atoms with van der Waals surface area (Å²) in [7, 11) is 0. The molecular formula is C15H20N2O7. The minimum Gasteiger partial charge on any atom is -0.432 e. The Morgan fingerprint density at radius 2 is 1.96 bits per heavy atom. The number of aromatic nitrogens is 2. The van der Waals surface area contributed by atoms with E-state index < -0.39 is 47.7 Å². The van der Waals surface area contributed by atoms with Crippen molar-refractivity contribution in [3.05, 3.63) is 33.1 Å². The van der Waals surface area contributed by atoms with Gasteiger partial charge in [0, 0.05) is 12.3 Å². The van der Waals surface area contributed by atoms with Gasteiger partial charge in [0.05, 0.1) is 5.92 Å². The molecule has 2 aliphatic rings.